The Kier molecular flexibility index (Phi) is 2.69. The van der Waals surface area contributed by atoms with Crippen molar-refractivity contribution in [3.8, 4) is 0 Å². The van der Waals surface area contributed by atoms with Crippen LogP contribution in [0.1, 0.15) is 37.3 Å². The molecule has 0 saturated heterocycles. The Morgan fingerprint density at radius 3 is 2.92 bits per heavy atom. The van der Waals surface area contributed by atoms with E-state index in [1.165, 1.54) is 31.2 Å². The Balaban J connectivity index is 1.92. The maximum Gasteiger partial charge on any atom is 0.0950 e. The van der Waals surface area contributed by atoms with Gasteiger partial charge in [-0.15, -0.1) is 0 Å². The molecule has 0 bridgehead atoms. The van der Waals surface area contributed by atoms with Crippen molar-refractivity contribution in [2.45, 2.75) is 31.7 Å². The third kappa shape index (κ3) is 1.94. The van der Waals surface area contributed by atoms with Crippen LogP contribution in [0.25, 0.3) is 0 Å². The monoisotopic (exact) mass is 179 g/mol. The molecule has 1 aliphatic carbocycles. The Morgan fingerprint density at radius 1 is 1.62 bits per heavy atom. The molecule has 0 aromatic carbocycles. The number of hydrogen-bond donors (Lipinski definition) is 1. The lowest BCUT2D eigenvalue weighted by Gasteiger charge is -2.29. The predicted octanol–water partition coefficient (Wildman–Crippen LogP) is 2.73. The van der Waals surface area contributed by atoms with Crippen molar-refractivity contribution in [1.29, 1.82) is 0 Å². The first-order valence-corrected chi connectivity index (χ1v) is 5.09. The largest absolute Gasteiger partial charge is 0.472 e. The molecular formula is C11H17NO. The lowest BCUT2D eigenvalue weighted by Crippen LogP contribution is -2.22. The van der Waals surface area contributed by atoms with Crippen molar-refractivity contribution < 1.29 is 4.42 Å². The van der Waals surface area contributed by atoms with Crippen molar-refractivity contribution in [2.75, 3.05) is 7.05 Å². The van der Waals surface area contributed by atoms with Gasteiger partial charge in [0.1, 0.15) is 0 Å². The molecule has 1 fully saturated rings. The van der Waals surface area contributed by atoms with Gasteiger partial charge < -0.3 is 9.73 Å². The Hall–Kier alpha value is -0.760. The van der Waals surface area contributed by atoms with Gasteiger partial charge in [0.05, 0.1) is 12.5 Å². The van der Waals surface area contributed by atoms with E-state index in [0.717, 1.165) is 5.92 Å². The van der Waals surface area contributed by atoms with Crippen molar-refractivity contribution in [2.24, 2.45) is 5.92 Å². The number of nitrogens with one attached hydrogen (secondary N) is 1. The third-order valence-corrected chi connectivity index (χ3v) is 3.09. The predicted molar refractivity (Wildman–Crippen MR) is 52.5 cm³/mol. The van der Waals surface area contributed by atoms with E-state index in [1.807, 2.05) is 13.3 Å². The molecule has 1 aromatic heterocycles. The minimum Gasteiger partial charge on any atom is -0.472 e. The van der Waals surface area contributed by atoms with E-state index < -0.39 is 0 Å². The molecule has 1 unspecified atom stereocenters. The standard InChI is InChI=1S/C11H17NO/c1-12-11(7-9-3-2-4-9)10-5-6-13-8-10/h5-6,8-9,11-12H,2-4,7H2,1H3. The fraction of sp³-hybridized carbons (Fsp3) is 0.636. The molecule has 13 heavy (non-hydrogen) atoms. The number of furan rings is 1. The molecule has 1 aromatic rings. The van der Waals surface area contributed by atoms with E-state index in [9.17, 15) is 0 Å². The molecule has 2 rings (SSSR count). The second kappa shape index (κ2) is 3.97. The summed E-state index contributed by atoms with van der Waals surface area (Å²) in [6, 6.07) is 2.55. The van der Waals surface area contributed by atoms with Crippen LogP contribution in [-0.2, 0) is 0 Å². The lowest BCUT2D eigenvalue weighted by molar-refractivity contribution is 0.265. The zero-order valence-electron chi connectivity index (χ0n) is 8.12. The van der Waals surface area contributed by atoms with Gasteiger partial charge in [0.15, 0.2) is 0 Å². The van der Waals surface area contributed by atoms with Gasteiger partial charge >= 0.3 is 0 Å². The normalized spacial score (nSPS) is 19.8. The maximum atomic E-state index is 5.09. The molecule has 1 saturated carbocycles. The Bertz CT molecular complexity index is 239. The van der Waals surface area contributed by atoms with Crippen LogP contribution in [0.2, 0.25) is 0 Å². The summed E-state index contributed by atoms with van der Waals surface area (Å²) in [5.74, 6) is 0.937. The zero-order valence-corrected chi connectivity index (χ0v) is 8.12. The minimum absolute atomic E-state index is 0.490. The van der Waals surface area contributed by atoms with E-state index in [0.29, 0.717) is 6.04 Å². The summed E-state index contributed by atoms with van der Waals surface area (Å²) < 4.78 is 5.09. The SMILES string of the molecule is CNC(CC1CCC1)c1ccoc1. The van der Waals surface area contributed by atoms with Crippen molar-refractivity contribution >= 4 is 0 Å². The van der Waals surface area contributed by atoms with E-state index in [1.54, 1.807) is 6.26 Å². The van der Waals surface area contributed by atoms with Gasteiger partial charge in [-0.1, -0.05) is 19.3 Å². The lowest BCUT2D eigenvalue weighted by atomic mass is 9.80. The molecule has 1 aliphatic rings. The molecule has 2 heteroatoms. The van der Waals surface area contributed by atoms with E-state index >= 15 is 0 Å². The highest BCUT2D eigenvalue weighted by Crippen LogP contribution is 2.34. The summed E-state index contributed by atoms with van der Waals surface area (Å²) in [6.45, 7) is 0. The molecule has 72 valence electrons. The summed E-state index contributed by atoms with van der Waals surface area (Å²) in [5.41, 5.74) is 1.29. The first kappa shape index (κ1) is 8.82. The van der Waals surface area contributed by atoms with Gasteiger partial charge in [-0.25, -0.2) is 0 Å². The highest BCUT2D eigenvalue weighted by atomic mass is 16.3. The number of hydrogen-bond acceptors (Lipinski definition) is 2. The van der Waals surface area contributed by atoms with Crippen LogP contribution in [0.15, 0.2) is 23.0 Å². The zero-order chi connectivity index (χ0) is 9.10. The molecule has 2 nitrogen and oxygen atoms in total. The summed E-state index contributed by atoms with van der Waals surface area (Å²) in [4.78, 5) is 0. The summed E-state index contributed by atoms with van der Waals surface area (Å²) in [7, 11) is 2.02. The Morgan fingerprint density at radius 2 is 2.46 bits per heavy atom. The second-order valence-corrected chi connectivity index (χ2v) is 3.93. The molecule has 1 N–H and O–H groups in total. The third-order valence-electron chi connectivity index (χ3n) is 3.09. The molecule has 1 atom stereocenters. The van der Waals surface area contributed by atoms with Crippen molar-refractivity contribution in [3.63, 3.8) is 0 Å². The quantitative estimate of drug-likeness (QED) is 0.768. The highest BCUT2D eigenvalue weighted by molar-refractivity contribution is 5.11. The van der Waals surface area contributed by atoms with E-state index in [-0.39, 0.29) is 0 Å². The fourth-order valence-corrected chi connectivity index (χ4v) is 1.96. The highest BCUT2D eigenvalue weighted by Gasteiger charge is 2.22. The maximum absolute atomic E-state index is 5.09. The van der Waals surface area contributed by atoms with Crippen LogP contribution in [0.5, 0.6) is 0 Å². The molecular weight excluding hydrogens is 162 g/mol. The van der Waals surface area contributed by atoms with Gasteiger partial charge in [-0.3, -0.25) is 0 Å². The van der Waals surface area contributed by atoms with Crippen LogP contribution in [0.4, 0.5) is 0 Å². The van der Waals surface area contributed by atoms with Gasteiger partial charge in [-0.05, 0) is 25.5 Å². The first-order valence-electron chi connectivity index (χ1n) is 5.09. The molecule has 0 aliphatic heterocycles. The van der Waals surface area contributed by atoms with Crippen LogP contribution in [0, 0.1) is 5.92 Å². The summed E-state index contributed by atoms with van der Waals surface area (Å²) in [6.07, 6.45) is 9.11. The van der Waals surface area contributed by atoms with Gasteiger partial charge in [0.25, 0.3) is 0 Å². The minimum atomic E-state index is 0.490. The van der Waals surface area contributed by atoms with Crippen molar-refractivity contribution in [1.82, 2.24) is 5.32 Å². The van der Waals surface area contributed by atoms with Gasteiger partial charge in [-0.2, -0.15) is 0 Å². The molecule has 0 amide bonds. The average Bonchev–Trinajstić information content (AvgIpc) is 2.55. The van der Waals surface area contributed by atoms with Gasteiger partial charge in [0, 0.05) is 11.6 Å². The van der Waals surface area contributed by atoms with Gasteiger partial charge in [0.2, 0.25) is 0 Å². The first-order chi connectivity index (χ1) is 6.40. The average molecular weight is 179 g/mol. The van der Waals surface area contributed by atoms with Crippen LogP contribution >= 0.6 is 0 Å². The fourth-order valence-electron chi connectivity index (χ4n) is 1.96. The smallest absolute Gasteiger partial charge is 0.0950 e. The molecule has 0 spiro atoms. The van der Waals surface area contributed by atoms with E-state index in [2.05, 4.69) is 11.4 Å². The summed E-state index contributed by atoms with van der Waals surface area (Å²) in [5, 5.41) is 3.34. The second-order valence-electron chi connectivity index (χ2n) is 3.93. The molecule has 0 radical (unpaired) electrons. The summed E-state index contributed by atoms with van der Waals surface area (Å²) >= 11 is 0. The molecule has 1 heterocycles. The Labute approximate surface area is 79.3 Å². The topological polar surface area (TPSA) is 25.2 Å². The van der Waals surface area contributed by atoms with E-state index in [4.69, 9.17) is 4.42 Å². The van der Waals surface area contributed by atoms with Crippen LogP contribution < -0.4 is 5.32 Å². The number of rotatable bonds is 4. The van der Waals surface area contributed by atoms with Crippen LogP contribution in [-0.4, -0.2) is 7.05 Å². The van der Waals surface area contributed by atoms with Crippen LogP contribution in [0.3, 0.4) is 0 Å². The van der Waals surface area contributed by atoms with Crippen molar-refractivity contribution in [3.05, 3.63) is 24.2 Å².